The summed E-state index contributed by atoms with van der Waals surface area (Å²) in [6.45, 7) is 6.84. The molecular formula is C14H18N2O. The summed E-state index contributed by atoms with van der Waals surface area (Å²) >= 11 is 0. The maximum absolute atomic E-state index is 5.42. The summed E-state index contributed by atoms with van der Waals surface area (Å²) in [4.78, 5) is 0. The van der Waals surface area contributed by atoms with Gasteiger partial charge in [0.05, 0.1) is 12.3 Å². The Kier molecular flexibility index (Phi) is 3.47. The summed E-state index contributed by atoms with van der Waals surface area (Å²) in [5.74, 6) is 0.922. The van der Waals surface area contributed by atoms with Crippen molar-refractivity contribution in [3.8, 4) is 5.75 Å². The van der Waals surface area contributed by atoms with E-state index in [0.717, 1.165) is 23.6 Å². The van der Waals surface area contributed by atoms with E-state index in [4.69, 9.17) is 4.74 Å². The average molecular weight is 230 g/mol. The minimum atomic E-state index is 0.705. The van der Waals surface area contributed by atoms with Gasteiger partial charge in [-0.3, -0.25) is 5.10 Å². The molecule has 0 aliphatic carbocycles. The average Bonchev–Trinajstić information content (AvgIpc) is 2.64. The molecular weight excluding hydrogens is 212 g/mol. The lowest BCUT2D eigenvalue weighted by Gasteiger charge is -2.04. The number of nitrogens with zero attached hydrogens (tertiary/aromatic N) is 1. The molecule has 0 radical (unpaired) electrons. The molecule has 0 fully saturated rings. The Bertz CT molecular complexity index is 485. The normalized spacial score (nSPS) is 10.5. The largest absolute Gasteiger partial charge is 0.494 e. The minimum Gasteiger partial charge on any atom is -0.494 e. The molecule has 2 aromatic rings. The Morgan fingerprint density at radius 1 is 1.18 bits per heavy atom. The summed E-state index contributed by atoms with van der Waals surface area (Å²) in [6.07, 6.45) is 0.864. The molecule has 0 spiro atoms. The van der Waals surface area contributed by atoms with Crippen LogP contribution in [0, 0.1) is 13.8 Å². The minimum absolute atomic E-state index is 0.705. The predicted octanol–water partition coefficient (Wildman–Crippen LogP) is 3.02. The van der Waals surface area contributed by atoms with Gasteiger partial charge in [-0.25, -0.2) is 0 Å². The molecule has 1 aromatic carbocycles. The smallest absolute Gasteiger partial charge is 0.119 e. The lowest BCUT2D eigenvalue weighted by molar-refractivity contribution is 0.340. The first-order valence-electron chi connectivity index (χ1n) is 5.93. The van der Waals surface area contributed by atoms with Gasteiger partial charge in [0.15, 0.2) is 0 Å². The van der Waals surface area contributed by atoms with Crippen LogP contribution in [0.3, 0.4) is 0 Å². The van der Waals surface area contributed by atoms with E-state index in [1.165, 1.54) is 11.1 Å². The van der Waals surface area contributed by atoms with E-state index in [0.29, 0.717) is 6.61 Å². The van der Waals surface area contributed by atoms with Crippen molar-refractivity contribution in [2.45, 2.75) is 27.2 Å². The Labute approximate surface area is 102 Å². The highest BCUT2D eigenvalue weighted by atomic mass is 16.5. The summed E-state index contributed by atoms with van der Waals surface area (Å²) in [5, 5.41) is 7.33. The van der Waals surface area contributed by atoms with E-state index in [-0.39, 0.29) is 0 Å². The van der Waals surface area contributed by atoms with Crippen LogP contribution >= 0.6 is 0 Å². The van der Waals surface area contributed by atoms with Crippen LogP contribution in [0.2, 0.25) is 0 Å². The highest BCUT2D eigenvalue weighted by molar-refractivity contribution is 5.32. The molecule has 0 atom stereocenters. The van der Waals surface area contributed by atoms with Gasteiger partial charge in [-0.15, -0.1) is 0 Å². The van der Waals surface area contributed by atoms with Crippen LogP contribution in [0.5, 0.6) is 5.75 Å². The van der Waals surface area contributed by atoms with Gasteiger partial charge in [0, 0.05) is 12.1 Å². The number of H-pyrrole nitrogens is 1. The number of nitrogens with one attached hydrogen (secondary N) is 1. The quantitative estimate of drug-likeness (QED) is 0.876. The third-order valence-electron chi connectivity index (χ3n) is 2.96. The van der Waals surface area contributed by atoms with Gasteiger partial charge in [-0.1, -0.05) is 12.1 Å². The molecule has 0 saturated heterocycles. The lowest BCUT2D eigenvalue weighted by Crippen LogP contribution is -1.93. The fourth-order valence-corrected chi connectivity index (χ4v) is 1.77. The van der Waals surface area contributed by atoms with Crippen molar-refractivity contribution in [2.24, 2.45) is 0 Å². The highest BCUT2D eigenvalue weighted by Gasteiger charge is 2.06. The van der Waals surface area contributed by atoms with Crippen LogP contribution in [0.15, 0.2) is 24.3 Å². The van der Waals surface area contributed by atoms with Gasteiger partial charge in [0.2, 0.25) is 0 Å². The maximum atomic E-state index is 5.42. The summed E-state index contributed by atoms with van der Waals surface area (Å²) in [6, 6.07) is 8.20. The number of aromatic nitrogens is 2. The number of rotatable bonds is 4. The number of hydrogen-bond donors (Lipinski definition) is 1. The maximum Gasteiger partial charge on any atom is 0.119 e. The molecule has 0 saturated carbocycles. The first-order valence-corrected chi connectivity index (χ1v) is 5.93. The van der Waals surface area contributed by atoms with Crippen molar-refractivity contribution < 1.29 is 4.74 Å². The second kappa shape index (κ2) is 5.04. The third-order valence-corrected chi connectivity index (χ3v) is 2.96. The Morgan fingerprint density at radius 3 is 2.41 bits per heavy atom. The van der Waals surface area contributed by atoms with E-state index in [1.807, 2.05) is 26.0 Å². The molecule has 0 amide bonds. The first kappa shape index (κ1) is 11.7. The summed E-state index contributed by atoms with van der Waals surface area (Å²) in [5.41, 5.74) is 4.76. The number of ether oxygens (including phenoxy) is 1. The van der Waals surface area contributed by atoms with E-state index < -0.39 is 0 Å². The molecule has 17 heavy (non-hydrogen) atoms. The van der Waals surface area contributed by atoms with E-state index >= 15 is 0 Å². The van der Waals surface area contributed by atoms with Gasteiger partial charge >= 0.3 is 0 Å². The van der Waals surface area contributed by atoms with Crippen molar-refractivity contribution in [2.75, 3.05) is 6.61 Å². The number of aromatic amines is 1. The Balaban J connectivity index is 2.11. The second-order valence-electron chi connectivity index (χ2n) is 4.17. The van der Waals surface area contributed by atoms with Crippen molar-refractivity contribution in [3.05, 3.63) is 46.8 Å². The summed E-state index contributed by atoms with van der Waals surface area (Å²) in [7, 11) is 0. The zero-order valence-electron chi connectivity index (χ0n) is 10.6. The first-order chi connectivity index (χ1) is 8.20. The van der Waals surface area contributed by atoms with Gasteiger partial charge in [0.25, 0.3) is 0 Å². The van der Waals surface area contributed by atoms with Crippen LogP contribution in [0.1, 0.15) is 29.4 Å². The topological polar surface area (TPSA) is 37.9 Å². The zero-order chi connectivity index (χ0) is 12.3. The van der Waals surface area contributed by atoms with Crippen LogP contribution in [-0.4, -0.2) is 16.8 Å². The predicted molar refractivity (Wildman–Crippen MR) is 68.5 cm³/mol. The number of benzene rings is 1. The van der Waals surface area contributed by atoms with Crippen molar-refractivity contribution in [1.29, 1.82) is 0 Å². The van der Waals surface area contributed by atoms with Gasteiger partial charge in [0.1, 0.15) is 5.75 Å². The number of hydrogen-bond acceptors (Lipinski definition) is 2. The Morgan fingerprint density at radius 2 is 1.88 bits per heavy atom. The van der Waals surface area contributed by atoms with Crippen molar-refractivity contribution in [1.82, 2.24) is 10.2 Å². The molecule has 90 valence electrons. The molecule has 1 N–H and O–H groups in total. The SMILES string of the molecule is CCOc1ccc(Cc2n[nH]c(C)c2C)cc1. The Hall–Kier alpha value is -1.77. The molecule has 0 aliphatic heterocycles. The fraction of sp³-hybridized carbons (Fsp3) is 0.357. The monoisotopic (exact) mass is 230 g/mol. The second-order valence-corrected chi connectivity index (χ2v) is 4.17. The molecule has 1 aromatic heterocycles. The molecule has 3 heteroatoms. The molecule has 2 rings (SSSR count). The van der Waals surface area contributed by atoms with Crippen LogP contribution in [-0.2, 0) is 6.42 Å². The van der Waals surface area contributed by atoms with Crippen molar-refractivity contribution >= 4 is 0 Å². The molecule has 0 bridgehead atoms. The van der Waals surface area contributed by atoms with Crippen LogP contribution < -0.4 is 4.74 Å². The molecule has 0 aliphatic rings. The van der Waals surface area contributed by atoms with Gasteiger partial charge < -0.3 is 4.74 Å². The third kappa shape index (κ3) is 2.67. The van der Waals surface area contributed by atoms with Crippen molar-refractivity contribution in [3.63, 3.8) is 0 Å². The number of aryl methyl sites for hydroxylation is 1. The molecule has 0 unspecified atom stereocenters. The van der Waals surface area contributed by atoms with E-state index in [9.17, 15) is 0 Å². The van der Waals surface area contributed by atoms with Gasteiger partial charge in [-0.05, 0) is 44.0 Å². The van der Waals surface area contributed by atoms with Crippen LogP contribution in [0.4, 0.5) is 0 Å². The van der Waals surface area contributed by atoms with Gasteiger partial charge in [-0.2, -0.15) is 5.10 Å². The van der Waals surface area contributed by atoms with Crippen LogP contribution in [0.25, 0.3) is 0 Å². The highest BCUT2D eigenvalue weighted by Crippen LogP contribution is 2.17. The standard InChI is InChI=1S/C14H18N2O/c1-4-17-13-7-5-12(6-8-13)9-14-10(2)11(3)15-16-14/h5-8H,4,9H2,1-3H3,(H,15,16). The lowest BCUT2D eigenvalue weighted by atomic mass is 10.1. The fourth-order valence-electron chi connectivity index (χ4n) is 1.77. The van der Waals surface area contributed by atoms with E-state index in [2.05, 4.69) is 29.3 Å². The zero-order valence-corrected chi connectivity index (χ0v) is 10.6. The summed E-state index contributed by atoms with van der Waals surface area (Å²) < 4.78 is 5.42. The molecule has 1 heterocycles. The van der Waals surface area contributed by atoms with E-state index in [1.54, 1.807) is 0 Å². The molecule has 3 nitrogen and oxygen atoms in total.